The highest BCUT2D eigenvalue weighted by Gasteiger charge is 2.19. The zero-order valence-electron chi connectivity index (χ0n) is 11.5. The normalized spacial score (nSPS) is 16.8. The van der Waals surface area contributed by atoms with E-state index in [1.54, 1.807) is 0 Å². The van der Waals surface area contributed by atoms with Crippen LogP contribution in [0.25, 0.3) is 0 Å². The van der Waals surface area contributed by atoms with E-state index < -0.39 is 15.8 Å². The first-order valence-corrected chi connectivity index (χ1v) is 8.40. The monoisotopic (exact) mass is 314 g/mol. The van der Waals surface area contributed by atoms with E-state index in [-0.39, 0.29) is 28.9 Å². The minimum atomic E-state index is -3.54. The van der Waals surface area contributed by atoms with E-state index in [0.717, 1.165) is 12.8 Å². The van der Waals surface area contributed by atoms with Crippen molar-refractivity contribution >= 4 is 15.8 Å². The summed E-state index contributed by atoms with van der Waals surface area (Å²) in [6.45, 7) is 1.38. The van der Waals surface area contributed by atoms with Crippen molar-refractivity contribution in [3.8, 4) is 0 Å². The summed E-state index contributed by atoms with van der Waals surface area (Å²) in [6.07, 6.45) is 1.59. The molecule has 1 aromatic carbocycles. The molecule has 1 fully saturated rings. The Kier molecular flexibility index (Phi) is 5.33. The second kappa shape index (κ2) is 7.02. The summed E-state index contributed by atoms with van der Waals surface area (Å²) in [5, 5.41) is 8.89. The fourth-order valence-corrected chi connectivity index (χ4v) is 3.25. The maximum absolute atomic E-state index is 12.2. The number of rotatable bonds is 6. The van der Waals surface area contributed by atoms with Gasteiger partial charge in [0.1, 0.15) is 0 Å². The lowest BCUT2D eigenvalue weighted by Gasteiger charge is -2.22. The van der Waals surface area contributed by atoms with Crippen molar-refractivity contribution < 1.29 is 27.8 Å². The van der Waals surface area contributed by atoms with Gasteiger partial charge >= 0.3 is 5.97 Å². The minimum Gasteiger partial charge on any atom is -0.478 e. The minimum absolute atomic E-state index is 0.0120. The standard InChI is InChI=1S/C14H18O6S/c15-14(16)11-2-1-3-13(10-11)21(17,18)9-8-20-12-4-6-19-7-5-12/h1-3,10,12H,4-9H2,(H,15,16). The number of carbonyl (C=O) groups is 1. The van der Waals surface area contributed by atoms with Crippen LogP contribution in [0.4, 0.5) is 0 Å². The van der Waals surface area contributed by atoms with E-state index in [9.17, 15) is 13.2 Å². The largest absolute Gasteiger partial charge is 0.478 e. The van der Waals surface area contributed by atoms with Gasteiger partial charge in [0.2, 0.25) is 0 Å². The van der Waals surface area contributed by atoms with Gasteiger partial charge in [0.05, 0.1) is 28.9 Å². The third-order valence-electron chi connectivity index (χ3n) is 3.31. The smallest absolute Gasteiger partial charge is 0.335 e. The van der Waals surface area contributed by atoms with Crippen LogP contribution in [0.15, 0.2) is 29.2 Å². The average Bonchev–Trinajstić information content (AvgIpc) is 2.48. The van der Waals surface area contributed by atoms with Gasteiger partial charge in [-0.3, -0.25) is 0 Å². The molecule has 0 aromatic heterocycles. The van der Waals surface area contributed by atoms with Crippen LogP contribution in [0.1, 0.15) is 23.2 Å². The summed E-state index contributed by atoms with van der Waals surface area (Å²) in [4.78, 5) is 10.9. The number of benzene rings is 1. The Hall–Kier alpha value is -1.44. The number of aromatic carboxylic acids is 1. The third kappa shape index (κ3) is 4.52. The Morgan fingerprint density at radius 1 is 1.33 bits per heavy atom. The average molecular weight is 314 g/mol. The quantitative estimate of drug-likeness (QED) is 0.852. The van der Waals surface area contributed by atoms with Crippen LogP contribution in [0.5, 0.6) is 0 Å². The first-order valence-electron chi connectivity index (χ1n) is 6.74. The molecule has 0 aliphatic carbocycles. The van der Waals surface area contributed by atoms with Gasteiger partial charge < -0.3 is 14.6 Å². The Morgan fingerprint density at radius 2 is 2.05 bits per heavy atom. The molecule has 0 bridgehead atoms. The molecule has 0 atom stereocenters. The molecule has 0 saturated carbocycles. The molecule has 1 heterocycles. The molecule has 1 N–H and O–H groups in total. The van der Waals surface area contributed by atoms with Crippen LogP contribution < -0.4 is 0 Å². The Balaban J connectivity index is 1.94. The lowest BCUT2D eigenvalue weighted by Crippen LogP contribution is -2.25. The number of sulfone groups is 1. The van der Waals surface area contributed by atoms with Crippen molar-refractivity contribution in [3.05, 3.63) is 29.8 Å². The molecule has 0 amide bonds. The van der Waals surface area contributed by atoms with Gasteiger partial charge in [-0.2, -0.15) is 0 Å². The highest BCUT2D eigenvalue weighted by Crippen LogP contribution is 2.15. The molecule has 21 heavy (non-hydrogen) atoms. The Morgan fingerprint density at radius 3 is 2.71 bits per heavy atom. The molecular formula is C14H18O6S. The zero-order valence-corrected chi connectivity index (χ0v) is 12.3. The number of carboxylic acid groups (broad SMARTS) is 1. The molecule has 1 aliphatic heterocycles. The number of carboxylic acids is 1. The highest BCUT2D eigenvalue weighted by molar-refractivity contribution is 7.91. The van der Waals surface area contributed by atoms with Crippen molar-refractivity contribution in [1.82, 2.24) is 0 Å². The second-order valence-electron chi connectivity index (χ2n) is 4.83. The van der Waals surface area contributed by atoms with Gasteiger partial charge in [-0.15, -0.1) is 0 Å². The fraction of sp³-hybridized carbons (Fsp3) is 0.500. The van der Waals surface area contributed by atoms with Crippen molar-refractivity contribution in [3.63, 3.8) is 0 Å². The molecule has 2 rings (SSSR count). The van der Waals surface area contributed by atoms with E-state index in [2.05, 4.69) is 0 Å². The van der Waals surface area contributed by atoms with Crippen LogP contribution >= 0.6 is 0 Å². The maximum Gasteiger partial charge on any atom is 0.335 e. The summed E-state index contributed by atoms with van der Waals surface area (Å²) in [6, 6.07) is 5.36. The van der Waals surface area contributed by atoms with Crippen LogP contribution in [0, 0.1) is 0 Å². The van der Waals surface area contributed by atoms with Crippen LogP contribution in [-0.4, -0.2) is 51.2 Å². The number of hydrogen-bond donors (Lipinski definition) is 1. The van der Waals surface area contributed by atoms with Crippen molar-refractivity contribution in [2.45, 2.75) is 23.8 Å². The molecule has 1 saturated heterocycles. The van der Waals surface area contributed by atoms with Gasteiger partial charge in [-0.25, -0.2) is 13.2 Å². The molecule has 0 radical (unpaired) electrons. The zero-order chi connectivity index (χ0) is 15.3. The summed E-state index contributed by atoms with van der Waals surface area (Å²) < 4.78 is 35.0. The van der Waals surface area contributed by atoms with E-state index in [1.165, 1.54) is 24.3 Å². The molecule has 116 valence electrons. The molecule has 0 spiro atoms. The predicted octanol–water partition coefficient (Wildman–Crippen LogP) is 1.35. The topological polar surface area (TPSA) is 89.9 Å². The SMILES string of the molecule is O=C(O)c1cccc(S(=O)(=O)CCOC2CCOCC2)c1. The van der Waals surface area contributed by atoms with Crippen molar-refractivity contribution in [1.29, 1.82) is 0 Å². The first-order chi connectivity index (χ1) is 9.99. The van der Waals surface area contributed by atoms with E-state index in [0.29, 0.717) is 13.2 Å². The van der Waals surface area contributed by atoms with Gasteiger partial charge in [-0.1, -0.05) is 6.07 Å². The second-order valence-corrected chi connectivity index (χ2v) is 6.94. The van der Waals surface area contributed by atoms with Gasteiger partial charge in [0.15, 0.2) is 9.84 Å². The third-order valence-corrected chi connectivity index (χ3v) is 4.99. The van der Waals surface area contributed by atoms with Gasteiger partial charge in [0, 0.05) is 13.2 Å². The molecule has 1 aliphatic rings. The summed E-state index contributed by atoms with van der Waals surface area (Å²) in [7, 11) is -3.54. The summed E-state index contributed by atoms with van der Waals surface area (Å²) in [5.41, 5.74) is -0.0403. The lowest BCUT2D eigenvalue weighted by molar-refractivity contribution is -0.0266. The summed E-state index contributed by atoms with van der Waals surface area (Å²) >= 11 is 0. The Bertz CT molecular complexity index is 589. The van der Waals surface area contributed by atoms with Crippen molar-refractivity contribution in [2.75, 3.05) is 25.6 Å². The molecular weight excluding hydrogens is 296 g/mol. The van der Waals surface area contributed by atoms with Gasteiger partial charge in [-0.05, 0) is 31.0 Å². The van der Waals surface area contributed by atoms with Crippen molar-refractivity contribution in [2.24, 2.45) is 0 Å². The van der Waals surface area contributed by atoms with Crippen LogP contribution in [0.3, 0.4) is 0 Å². The number of ether oxygens (including phenoxy) is 2. The molecule has 6 nitrogen and oxygen atoms in total. The molecule has 1 aromatic rings. The van der Waals surface area contributed by atoms with E-state index >= 15 is 0 Å². The number of hydrogen-bond acceptors (Lipinski definition) is 5. The Labute approximate surface area is 123 Å². The maximum atomic E-state index is 12.2. The predicted molar refractivity (Wildman–Crippen MR) is 75.2 cm³/mol. The van der Waals surface area contributed by atoms with Crippen LogP contribution in [0.2, 0.25) is 0 Å². The van der Waals surface area contributed by atoms with Gasteiger partial charge in [0.25, 0.3) is 0 Å². The fourth-order valence-electron chi connectivity index (χ4n) is 2.11. The first kappa shape index (κ1) is 15.9. The molecule has 7 heteroatoms. The van der Waals surface area contributed by atoms with E-state index in [1.807, 2.05) is 0 Å². The molecule has 0 unspecified atom stereocenters. The summed E-state index contributed by atoms with van der Waals surface area (Å²) in [5.74, 6) is -1.31. The van der Waals surface area contributed by atoms with Crippen LogP contribution in [-0.2, 0) is 19.3 Å². The lowest BCUT2D eigenvalue weighted by atomic mass is 10.2. The highest BCUT2D eigenvalue weighted by atomic mass is 32.2. The van der Waals surface area contributed by atoms with E-state index in [4.69, 9.17) is 14.6 Å².